The molecule has 0 bridgehead atoms. The van der Waals surface area contributed by atoms with Crippen LogP contribution in [-0.4, -0.2) is 7.05 Å². The van der Waals surface area contributed by atoms with Gasteiger partial charge >= 0.3 is 0 Å². The van der Waals surface area contributed by atoms with Crippen LogP contribution in [0.2, 0.25) is 0 Å². The molecule has 0 fully saturated rings. The van der Waals surface area contributed by atoms with Gasteiger partial charge in [0.1, 0.15) is 5.82 Å². The van der Waals surface area contributed by atoms with E-state index in [0.29, 0.717) is 5.56 Å². The molecule has 0 amide bonds. The number of halogens is 1. The van der Waals surface area contributed by atoms with Gasteiger partial charge in [0.2, 0.25) is 0 Å². The third-order valence-corrected chi connectivity index (χ3v) is 4.38. The van der Waals surface area contributed by atoms with Crippen LogP contribution in [0.5, 0.6) is 0 Å². The van der Waals surface area contributed by atoms with Crippen molar-refractivity contribution in [2.75, 3.05) is 7.05 Å². The van der Waals surface area contributed by atoms with Crippen molar-refractivity contribution in [3.8, 4) is 0 Å². The monoisotopic (exact) mass is 263 g/mol. The van der Waals surface area contributed by atoms with Gasteiger partial charge in [0.05, 0.1) is 6.04 Å². The highest BCUT2D eigenvalue weighted by Gasteiger charge is 2.20. The number of nitrogens with one attached hydrogen (secondary N) is 1. The van der Waals surface area contributed by atoms with E-state index in [4.69, 9.17) is 0 Å². The average Bonchev–Trinajstić information content (AvgIpc) is 2.65. The van der Waals surface area contributed by atoms with Crippen molar-refractivity contribution in [1.82, 2.24) is 5.32 Å². The lowest BCUT2D eigenvalue weighted by Gasteiger charge is -2.18. The molecule has 0 aliphatic rings. The van der Waals surface area contributed by atoms with Gasteiger partial charge < -0.3 is 5.32 Å². The Morgan fingerprint density at radius 3 is 2.44 bits per heavy atom. The van der Waals surface area contributed by atoms with Crippen molar-refractivity contribution in [3.05, 3.63) is 56.5 Å². The largest absolute Gasteiger partial charge is 0.309 e. The number of benzene rings is 1. The minimum atomic E-state index is -0.109. The highest BCUT2D eigenvalue weighted by atomic mass is 32.1. The van der Waals surface area contributed by atoms with Crippen LogP contribution in [0.15, 0.2) is 24.3 Å². The van der Waals surface area contributed by atoms with Gasteiger partial charge in [0, 0.05) is 15.3 Å². The minimum absolute atomic E-state index is 0.0661. The summed E-state index contributed by atoms with van der Waals surface area (Å²) in [5.74, 6) is -0.109. The average molecular weight is 263 g/mol. The predicted molar refractivity (Wildman–Crippen MR) is 75.8 cm³/mol. The summed E-state index contributed by atoms with van der Waals surface area (Å²) in [6, 6.07) is 7.66. The Hall–Kier alpha value is -1.19. The van der Waals surface area contributed by atoms with Gasteiger partial charge in [-0.1, -0.05) is 18.2 Å². The van der Waals surface area contributed by atoms with Crippen molar-refractivity contribution in [2.24, 2.45) is 0 Å². The lowest BCUT2D eigenvalue weighted by Crippen LogP contribution is -2.19. The SMILES string of the molecule is CNC(c1cccc(C)c1F)c1sc(C)cc1C. The summed E-state index contributed by atoms with van der Waals surface area (Å²) in [5, 5.41) is 3.23. The van der Waals surface area contributed by atoms with Crippen LogP contribution in [0.25, 0.3) is 0 Å². The second-order valence-electron chi connectivity index (χ2n) is 4.60. The summed E-state index contributed by atoms with van der Waals surface area (Å²) in [5.41, 5.74) is 2.64. The van der Waals surface area contributed by atoms with Gasteiger partial charge in [-0.2, -0.15) is 0 Å². The van der Waals surface area contributed by atoms with Gasteiger partial charge in [-0.3, -0.25) is 0 Å². The molecule has 1 aromatic heterocycles. The molecule has 0 saturated carbocycles. The summed E-state index contributed by atoms with van der Waals surface area (Å²) in [4.78, 5) is 2.45. The van der Waals surface area contributed by atoms with Crippen LogP contribution in [0, 0.1) is 26.6 Å². The first kappa shape index (κ1) is 13.2. The zero-order chi connectivity index (χ0) is 13.3. The molecule has 0 radical (unpaired) electrons. The molecule has 18 heavy (non-hydrogen) atoms. The van der Waals surface area contributed by atoms with E-state index in [1.165, 1.54) is 15.3 Å². The van der Waals surface area contributed by atoms with E-state index in [-0.39, 0.29) is 11.9 Å². The lowest BCUT2D eigenvalue weighted by atomic mass is 10.0. The summed E-state index contributed by atoms with van der Waals surface area (Å²) < 4.78 is 14.2. The van der Waals surface area contributed by atoms with E-state index >= 15 is 0 Å². The summed E-state index contributed by atoms with van der Waals surface area (Å²) in [6.45, 7) is 5.97. The highest BCUT2D eigenvalue weighted by molar-refractivity contribution is 7.12. The maximum absolute atomic E-state index is 14.2. The van der Waals surface area contributed by atoms with Crippen LogP contribution in [0.4, 0.5) is 4.39 Å². The van der Waals surface area contributed by atoms with Crippen LogP contribution in [0.1, 0.15) is 32.5 Å². The van der Waals surface area contributed by atoms with Crippen LogP contribution < -0.4 is 5.32 Å². The maximum Gasteiger partial charge on any atom is 0.131 e. The quantitative estimate of drug-likeness (QED) is 0.878. The molecule has 0 aliphatic heterocycles. The molecule has 1 heterocycles. The smallest absolute Gasteiger partial charge is 0.131 e. The Labute approximate surface area is 112 Å². The van der Waals surface area contributed by atoms with Crippen molar-refractivity contribution in [3.63, 3.8) is 0 Å². The van der Waals surface area contributed by atoms with E-state index in [2.05, 4.69) is 25.2 Å². The zero-order valence-electron chi connectivity index (χ0n) is 11.2. The number of rotatable bonds is 3. The van der Waals surface area contributed by atoms with E-state index < -0.39 is 0 Å². The number of aryl methyl sites for hydroxylation is 3. The van der Waals surface area contributed by atoms with Crippen LogP contribution in [0.3, 0.4) is 0 Å². The third-order valence-electron chi connectivity index (χ3n) is 3.16. The summed E-state index contributed by atoms with van der Waals surface area (Å²) >= 11 is 1.73. The van der Waals surface area contributed by atoms with Gasteiger partial charge in [-0.25, -0.2) is 4.39 Å². The van der Waals surface area contributed by atoms with Crippen LogP contribution >= 0.6 is 11.3 Å². The summed E-state index contributed by atoms with van der Waals surface area (Å²) in [6.07, 6.45) is 0. The second-order valence-corrected chi connectivity index (χ2v) is 5.89. The highest BCUT2D eigenvalue weighted by Crippen LogP contribution is 2.33. The van der Waals surface area contributed by atoms with Crippen molar-refractivity contribution < 1.29 is 4.39 Å². The Bertz CT molecular complexity index is 560. The molecule has 0 aliphatic carbocycles. The van der Waals surface area contributed by atoms with Gasteiger partial charge in [-0.05, 0) is 45.0 Å². The predicted octanol–water partition coefficient (Wildman–Crippen LogP) is 4.12. The topological polar surface area (TPSA) is 12.0 Å². The molecule has 1 nitrogen and oxygen atoms in total. The first-order chi connectivity index (χ1) is 8.54. The number of thiophene rings is 1. The molecule has 3 heteroatoms. The molecule has 1 aromatic carbocycles. The fraction of sp³-hybridized carbons (Fsp3) is 0.333. The van der Waals surface area contributed by atoms with Crippen molar-refractivity contribution in [2.45, 2.75) is 26.8 Å². The maximum atomic E-state index is 14.2. The molecule has 1 atom stereocenters. The Balaban J connectivity index is 2.52. The molecule has 1 N–H and O–H groups in total. The van der Waals surface area contributed by atoms with E-state index in [1.54, 1.807) is 24.3 Å². The van der Waals surface area contributed by atoms with Crippen molar-refractivity contribution >= 4 is 11.3 Å². The number of hydrogen-bond acceptors (Lipinski definition) is 2. The van der Waals surface area contributed by atoms with Gasteiger partial charge in [0.25, 0.3) is 0 Å². The Kier molecular flexibility index (Phi) is 3.83. The molecule has 2 aromatic rings. The third kappa shape index (κ3) is 2.33. The van der Waals surface area contributed by atoms with Crippen molar-refractivity contribution in [1.29, 1.82) is 0 Å². The van der Waals surface area contributed by atoms with E-state index in [9.17, 15) is 4.39 Å². The molecule has 96 valence electrons. The van der Waals surface area contributed by atoms with Crippen LogP contribution in [-0.2, 0) is 0 Å². The molecular weight excluding hydrogens is 245 g/mol. The molecule has 1 unspecified atom stereocenters. The first-order valence-electron chi connectivity index (χ1n) is 6.03. The standard InChI is InChI=1S/C15H18FNS/c1-9-6-5-7-12(13(9)16)14(17-4)15-10(2)8-11(3)18-15/h5-8,14,17H,1-4H3. The van der Waals surface area contributed by atoms with E-state index in [1.807, 2.05) is 19.2 Å². The molecule has 2 rings (SSSR count). The lowest BCUT2D eigenvalue weighted by molar-refractivity contribution is 0.571. The van der Waals surface area contributed by atoms with Gasteiger partial charge in [-0.15, -0.1) is 11.3 Å². The van der Waals surface area contributed by atoms with Gasteiger partial charge in [0.15, 0.2) is 0 Å². The molecule has 0 spiro atoms. The Morgan fingerprint density at radius 1 is 1.17 bits per heavy atom. The normalized spacial score (nSPS) is 12.7. The summed E-state index contributed by atoms with van der Waals surface area (Å²) in [7, 11) is 1.88. The molecular formula is C15H18FNS. The molecule has 0 saturated heterocycles. The number of hydrogen-bond donors (Lipinski definition) is 1. The fourth-order valence-corrected chi connectivity index (χ4v) is 3.43. The second kappa shape index (κ2) is 5.21. The fourth-order valence-electron chi connectivity index (χ4n) is 2.27. The Morgan fingerprint density at radius 2 is 1.89 bits per heavy atom. The zero-order valence-corrected chi connectivity index (χ0v) is 12.0. The first-order valence-corrected chi connectivity index (χ1v) is 6.85. The minimum Gasteiger partial charge on any atom is -0.309 e. The van der Waals surface area contributed by atoms with E-state index in [0.717, 1.165) is 5.56 Å².